The molecule has 1 saturated carbocycles. The number of benzene rings is 1. The Morgan fingerprint density at radius 3 is 2.37 bits per heavy atom. The van der Waals surface area contributed by atoms with E-state index in [0.29, 0.717) is 24.2 Å². The molecule has 0 spiro atoms. The zero-order valence-electron chi connectivity index (χ0n) is 15.6. The van der Waals surface area contributed by atoms with Crippen molar-refractivity contribution < 1.29 is 23.9 Å². The Morgan fingerprint density at radius 2 is 1.81 bits per heavy atom. The Bertz CT molecular complexity index is 730. The van der Waals surface area contributed by atoms with Gasteiger partial charge in [-0.25, -0.2) is 4.79 Å². The summed E-state index contributed by atoms with van der Waals surface area (Å²) in [7, 11) is 0. The van der Waals surface area contributed by atoms with Crippen LogP contribution in [0.5, 0.6) is 5.75 Å². The van der Waals surface area contributed by atoms with E-state index in [9.17, 15) is 19.6 Å². The van der Waals surface area contributed by atoms with Gasteiger partial charge in [-0.15, -0.1) is 0 Å². The monoisotopic (exact) mass is 372 g/mol. The van der Waals surface area contributed by atoms with Crippen molar-refractivity contribution in [3.05, 3.63) is 29.8 Å². The Kier molecular flexibility index (Phi) is 6.94. The molecule has 1 aromatic rings. The fraction of sp³-hybridized carbons (Fsp3) is 0.500. The van der Waals surface area contributed by atoms with Gasteiger partial charge in [0, 0.05) is 5.56 Å². The molecule has 7 nitrogen and oxygen atoms in total. The normalized spacial score (nSPS) is 16.5. The second-order valence-electron chi connectivity index (χ2n) is 6.75. The van der Waals surface area contributed by atoms with Crippen LogP contribution in [0.25, 0.3) is 0 Å². The van der Waals surface area contributed by atoms with E-state index in [0.717, 1.165) is 19.3 Å². The summed E-state index contributed by atoms with van der Waals surface area (Å²) < 4.78 is 10.4. The Balaban J connectivity index is 1.81. The fourth-order valence-corrected chi connectivity index (χ4v) is 2.97. The van der Waals surface area contributed by atoms with Gasteiger partial charge in [-0.2, -0.15) is 5.26 Å². The van der Waals surface area contributed by atoms with Crippen LogP contribution in [0.3, 0.4) is 0 Å². The van der Waals surface area contributed by atoms with E-state index in [4.69, 9.17) is 9.47 Å². The molecule has 0 unspecified atom stereocenters. The van der Waals surface area contributed by atoms with Crippen LogP contribution in [0, 0.1) is 11.3 Å². The number of rotatable bonds is 7. The summed E-state index contributed by atoms with van der Waals surface area (Å²) >= 11 is 0. The first-order valence-electron chi connectivity index (χ1n) is 9.02. The summed E-state index contributed by atoms with van der Waals surface area (Å²) in [6.45, 7) is 2.56. The van der Waals surface area contributed by atoms with Crippen molar-refractivity contribution >= 4 is 17.7 Å². The third kappa shape index (κ3) is 5.81. The number of esters is 1. The SMILES string of the molecule is CC(=O)c1ccc(OCC(=O)O[C@H](C)C(=O)NC2(C#N)CCCCC2)cc1. The smallest absolute Gasteiger partial charge is 0.344 e. The molecule has 7 heteroatoms. The third-order valence-electron chi connectivity index (χ3n) is 4.58. The lowest BCUT2D eigenvalue weighted by molar-refractivity contribution is -0.157. The van der Waals surface area contributed by atoms with Crippen LogP contribution in [0.1, 0.15) is 56.3 Å². The maximum absolute atomic E-state index is 12.3. The number of nitrogens with zero attached hydrogens (tertiary/aromatic N) is 1. The predicted octanol–water partition coefficient (Wildman–Crippen LogP) is 2.54. The Morgan fingerprint density at radius 1 is 1.19 bits per heavy atom. The molecule has 1 amide bonds. The fourth-order valence-electron chi connectivity index (χ4n) is 2.97. The number of ether oxygens (including phenoxy) is 2. The van der Waals surface area contributed by atoms with Crippen LogP contribution in [-0.4, -0.2) is 35.9 Å². The summed E-state index contributed by atoms with van der Waals surface area (Å²) in [5.41, 5.74) is -0.324. The van der Waals surface area contributed by atoms with Crippen molar-refractivity contribution in [1.82, 2.24) is 5.32 Å². The number of carbonyl (C=O) groups is 3. The Hall–Kier alpha value is -2.88. The van der Waals surface area contributed by atoms with E-state index in [2.05, 4.69) is 11.4 Å². The van der Waals surface area contributed by atoms with Crippen molar-refractivity contribution in [2.75, 3.05) is 6.61 Å². The minimum Gasteiger partial charge on any atom is -0.482 e. The second-order valence-corrected chi connectivity index (χ2v) is 6.75. The van der Waals surface area contributed by atoms with E-state index < -0.39 is 23.5 Å². The van der Waals surface area contributed by atoms with Gasteiger partial charge in [-0.1, -0.05) is 19.3 Å². The minimum atomic E-state index is -1.02. The largest absolute Gasteiger partial charge is 0.482 e. The van der Waals surface area contributed by atoms with E-state index in [1.54, 1.807) is 24.3 Å². The summed E-state index contributed by atoms with van der Waals surface area (Å²) in [6, 6.07) is 8.56. The molecule has 1 N–H and O–H groups in total. The number of ketones is 1. The highest BCUT2D eigenvalue weighted by Gasteiger charge is 2.35. The van der Waals surface area contributed by atoms with Crippen LogP contribution in [0.2, 0.25) is 0 Å². The molecule has 0 aromatic heterocycles. The molecule has 1 aromatic carbocycles. The molecule has 0 saturated heterocycles. The van der Waals surface area contributed by atoms with Gasteiger partial charge in [-0.3, -0.25) is 9.59 Å². The van der Waals surface area contributed by atoms with E-state index in [1.165, 1.54) is 13.8 Å². The lowest BCUT2D eigenvalue weighted by Gasteiger charge is -2.32. The number of nitrogens with one attached hydrogen (secondary N) is 1. The van der Waals surface area contributed by atoms with Gasteiger partial charge in [0.1, 0.15) is 11.3 Å². The molecule has 144 valence electrons. The van der Waals surface area contributed by atoms with Crippen LogP contribution in [0.4, 0.5) is 0 Å². The number of carbonyl (C=O) groups excluding carboxylic acids is 3. The molecule has 1 aliphatic carbocycles. The topological polar surface area (TPSA) is 105 Å². The molecule has 0 radical (unpaired) electrons. The highest BCUT2D eigenvalue weighted by Crippen LogP contribution is 2.27. The van der Waals surface area contributed by atoms with Crippen LogP contribution in [-0.2, 0) is 14.3 Å². The molecule has 1 atom stereocenters. The number of nitriles is 1. The van der Waals surface area contributed by atoms with Gasteiger partial charge in [0.05, 0.1) is 6.07 Å². The molecule has 0 aliphatic heterocycles. The van der Waals surface area contributed by atoms with E-state index >= 15 is 0 Å². The van der Waals surface area contributed by atoms with Gasteiger partial charge >= 0.3 is 5.97 Å². The summed E-state index contributed by atoms with van der Waals surface area (Å²) in [4.78, 5) is 35.4. The number of hydrogen-bond acceptors (Lipinski definition) is 6. The number of amides is 1. The van der Waals surface area contributed by atoms with Crippen molar-refractivity contribution in [2.24, 2.45) is 0 Å². The molecule has 27 heavy (non-hydrogen) atoms. The van der Waals surface area contributed by atoms with Gasteiger partial charge in [-0.05, 0) is 51.0 Å². The molecule has 1 fully saturated rings. The van der Waals surface area contributed by atoms with Gasteiger partial charge in [0.15, 0.2) is 18.5 Å². The molecule has 1 aliphatic rings. The van der Waals surface area contributed by atoms with E-state index in [-0.39, 0.29) is 12.4 Å². The minimum absolute atomic E-state index is 0.0612. The molecular formula is C20H24N2O5. The lowest BCUT2D eigenvalue weighted by atomic mass is 9.83. The van der Waals surface area contributed by atoms with Gasteiger partial charge in [0.25, 0.3) is 5.91 Å². The highest BCUT2D eigenvalue weighted by molar-refractivity contribution is 5.94. The van der Waals surface area contributed by atoms with Crippen molar-refractivity contribution in [1.29, 1.82) is 5.26 Å². The van der Waals surface area contributed by atoms with Crippen LogP contribution in [0.15, 0.2) is 24.3 Å². The molecule has 0 heterocycles. The standard InChI is InChI=1S/C20H24N2O5/c1-14(23)16-6-8-17(9-7-16)26-12-18(24)27-15(2)19(25)22-20(13-21)10-4-3-5-11-20/h6-9,15H,3-5,10-12H2,1-2H3,(H,22,25)/t15-/m1/s1. The maximum Gasteiger partial charge on any atom is 0.344 e. The third-order valence-corrected chi connectivity index (χ3v) is 4.58. The average Bonchev–Trinajstić information content (AvgIpc) is 2.67. The van der Waals surface area contributed by atoms with Crippen LogP contribution < -0.4 is 10.1 Å². The summed E-state index contributed by atoms with van der Waals surface area (Å²) in [5, 5.41) is 12.1. The Labute approximate surface area is 158 Å². The molecule has 0 bridgehead atoms. The first kappa shape index (κ1) is 20.4. The van der Waals surface area contributed by atoms with Crippen LogP contribution >= 0.6 is 0 Å². The predicted molar refractivity (Wildman–Crippen MR) is 97.1 cm³/mol. The van der Waals surface area contributed by atoms with Gasteiger partial charge in [0.2, 0.25) is 0 Å². The second kappa shape index (κ2) is 9.17. The van der Waals surface area contributed by atoms with Crippen molar-refractivity contribution in [3.63, 3.8) is 0 Å². The highest BCUT2D eigenvalue weighted by atomic mass is 16.6. The van der Waals surface area contributed by atoms with E-state index in [1.807, 2.05) is 0 Å². The zero-order chi connectivity index (χ0) is 19.9. The quantitative estimate of drug-likeness (QED) is 0.582. The summed E-state index contributed by atoms with van der Waals surface area (Å²) in [5.74, 6) is -0.825. The maximum atomic E-state index is 12.3. The summed E-state index contributed by atoms with van der Waals surface area (Å²) in [6.07, 6.45) is 3.02. The lowest BCUT2D eigenvalue weighted by Crippen LogP contribution is -2.52. The first-order chi connectivity index (χ1) is 12.8. The molecular weight excluding hydrogens is 348 g/mol. The van der Waals surface area contributed by atoms with Gasteiger partial charge < -0.3 is 14.8 Å². The van der Waals surface area contributed by atoms with Crippen molar-refractivity contribution in [3.8, 4) is 11.8 Å². The first-order valence-corrected chi connectivity index (χ1v) is 9.02. The van der Waals surface area contributed by atoms with Crippen molar-refractivity contribution in [2.45, 2.75) is 57.6 Å². The molecule has 2 rings (SSSR count). The zero-order valence-corrected chi connectivity index (χ0v) is 15.6. The average molecular weight is 372 g/mol. The number of hydrogen-bond donors (Lipinski definition) is 1. The number of Topliss-reactive ketones (excluding diaryl/α,β-unsaturated/α-hetero) is 1.